The number of anilines is 3. The zero-order chi connectivity index (χ0) is 13.8. The average molecular weight is 263 g/mol. The molecule has 2 amide bonds. The third-order valence-electron chi connectivity index (χ3n) is 2.34. The van der Waals surface area contributed by atoms with Crippen molar-refractivity contribution >= 4 is 23.1 Å². The number of carbonyl (C=O) groups excluding carboxylic acids is 1. The summed E-state index contributed by atoms with van der Waals surface area (Å²) >= 11 is 0. The second kappa shape index (κ2) is 5.34. The molecule has 0 aromatic heterocycles. The summed E-state index contributed by atoms with van der Waals surface area (Å²) in [4.78, 5) is 11.6. The van der Waals surface area contributed by atoms with E-state index in [0.717, 1.165) is 6.07 Å². The number of nitrogens with two attached hydrogens (primary N) is 1. The summed E-state index contributed by atoms with van der Waals surface area (Å²) < 4.78 is 25.8. The van der Waals surface area contributed by atoms with Crippen LogP contribution in [0.15, 0.2) is 42.5 Å². The van der Waals surface area contributed by atoms with Crippen LogP contribution in [0.1, 0.15) is 0 Å². The van der Waals surface area contributed by atoms with Crippen LogP contribution in [-0.4, -0.2) is 6.03 Å². The zero-order valence-corrected chi connectivity index (χ0v) is 9.78. The Balaban J connectivity index is 2.03. The van der Waals surface area contributed by atoms with Crippen molar-refractivity contribution in [1.82, 2.24) is 0 Å². The molecule has 6 heteroatoms. The highest BCUT2D eigenvalue weighted by Gasteiger charge is 2.05. The number of halogens is 2. The summed E-state index contributed by atoms with van der Waals surface area (Å²) in [6, 6.07) is 8.70. The molecule has 0 unspecified atom stereocenters. The number of hydrogen-bond donors (Lipinski definition) is 3. The van der Waals surface area contributed by atoms with Gasteiger partial charge in [-0.15, -0.1) is 0 Å². The smallest absolute Gasteiger partial charge is 0.323 e. The van der Waals surface area contributed by atoms with Crippen LogP contribution < -0.4 is 16.4 Å². The molecule has 2 aromatic rings. The predicted molar refractivity (Wildman–Crippen MR) is 69.9 cm³/mol. The van der Waals surface area contributed by atoms with Crippen molar-refractivity contribution in [3.8, 4) is 0 Å². The molecule has 0 aliphatic heterocycles. The van der Waals surface area contributed by atoms with Gasteiger partial charge in [0.15, 0.2) is 0 Å². The highest BCUT2D eigenvalue weighted by atomic mass is 19.1. The van der Waals surface area contributed by atoms with E-state index in [2.05, 4.69) is 10.6 Å². The lowest BCUT2D eigenvalue weighted by molar-refractivity contribution is 0.262. The van der Waals surface area contributed by atoms with Crippen molar-refractivity contribution in [2.24, 2.45) is 0 Å². The minimum Gasteiger partial charge on any atom is -0.396 e. The fraction of sp³-hybridized carbons (Fsp3) is 0. The molecule has 2 aromatic carbocycles. The second-order valence-corrected chi connectivity index (χ2v) is 3.83. The first kappa shape index (κ1) is 12.8. The van der Waals surface area contributed by atoms with Gasteiger partial charge in [-0.1, -0.05) is 6.07 Å². The number of hydrogen-bond acceptors (Lipinski definition) is 2. The Labute approximate surface area is 108 Å². The van der Waals surface area contributed by atoms with Gasteiger partial charge in [0.25, 0.3) is 0 Å². The van der Waals surface area contributed by atoms with Gasteiger partial charge in [-0.3, -0.25) is 0 Å². The Morgan fingerprint density at radius 2 is 1.68 bits per heavy atom. The summed E-state index contributed by atoms with van der Waals surface area (Å²) in [5.74, 6) is -1.01. The topological polar surface area (TPSA) is 67.1 Å². The Bertz CT molecular complexity index is 617. The molecule has 0 spiro atoms. The third-order valence-corrected chi connectivity index (χ3v) is 2.34. The number of nitrogen functional groups attached to an aromatic ring is 1. The predicted octanol–water partition coefficient (Wildman–Crippen LogP) is 3.19. The SMILES string of the molecule is Nc1cc(NC(=O)Nc2cccc(F)c2)ccc1F. The average Bonchev–Trinajstić information content (AvgIpc) is 2.34. The van der Waals surface area contributed by atoms with Gasteiger partial charge in [-0.25, -0.2) is 13.6 Å². The van der Waals surface area contributed by atoms with Gasteiger partial charge < -0.3 is 16.4 Å². The zero-order valence-electron chi connectivity index (χ0n) is 9.78. The van der Waals surface area contributed by atoms with Crippen molar-refractivity contribution in [3.05, 3.63) is 54.1 Å². The van der Waals surface area contributed by atoms with Gasteiger partial charge in [0.2, 0.25) is 0 Å². The van der Waals surface area contributed by atoms with Gasteiger partial charge in [-0.2, -0.15) is 0 Å². The Hall–Kier alpha value is -2.63. The Morgan fingerprint density at radius 1 is 1.00 bits per heavy atom. The van der Waals surface area contributed by atoms with Crippen LogP contribution in [0.5, 0.6) is 0 Å². The Kier molecular flexibility index (Phi) is 3.61. The molecule has 98 valence electrons. The van der Waals surface area contributed by atoms with Gasteiger partial charge >= 0.3 is 6.03 Å². The van der Waals surface area contributed by atoms with Gasteiger partial charge in [0.1, 0.15) is 11.6 Å². The van der Waals surface area contributed by atoms with Crippen molar-refractivity contribution in [1.29, 1.82) is 0 Å². The second-order valence-electron chi connectivity index (χ2n) is 3.83. The Morgan fingerprint density at radius 3 is 2.32 bits per heavy atom. The van der Waals surface area contributed by atoms with Crippen molar-refractivity contribution in [3.63, 3.8) is 0 Å². The molecule has 0 bridgehead atoms. The van der Waals surface area contributed by atoms with E-state index >= 15 is 0 Å². The molecular formula is C13H11F2N3O. The van der Waals surface area contributed by atoms with E-state index in [1.54, 1.807) is 6.07 Å². The fourth-order valence-corrected chi connectivity index (χ4v) is 1.48. The quantitative estimate of drug-likeness (QED) is 0.728. The maximum absolute atomic E-state index is 12.9. The summed E-state index contributed by atoms with van der Waals surface area (Å²) in [5.41, 5.74) is 5.96. The molecule has 0 atom stereocenters. The summed E-state index contributed by atoms with van der Waals surface area (Å²) in [6.45, 7) is 0. The van der Waals surface area contributed by atoms with Gasteiger partial charge in [-0.05, 0) is 36.4 Å². The number of amides is 2. The van der Waals surface area contributed by atoms with Crippen LogP contribution in [0, 0.1) is 11.6 Å². The minimum absolute atomic E-state index is 0.0662. The molecule has 19 heavy (non-hydrogen) atoms. The lowest BCUT2D eigenvalue weighted by Crippen LogP contribution is -2.19. The normalized spacial score (nSPS) is 10.0. The van der Waals surface area contributed by atoms with Gasteiger partial charge in [0.05, 0.1) is 5.69 Å². The van der Waals surface area contributed by atoms with E-state index in [0.29, 0.717) is 11.4 Å². The van der Waals surface area contributed by atoms with Crippen molar-refractivity contribution < 1.29 is 13.6 Å². The van der Waals surface area contributed by atoms with Crippen LogP contribution in [0.2, 0.25) is 0 Å². The van der Waals surface area contributed by atoms with E-state index < -0.39 is 17.7 Å². The highest BCUT2D eigenvalue weighted by Crippen LogP contribution is 2.17. The molecule has 2 rings (SSSR count). The summed E-state index contributed by atoms with van der Waals surface area (Å²) in [5, 5.41) is 4.90. The largest absolute Gasteiger partial charge is 0.396 e. The van der Waals surface area contributed by atoms with Crippen LogP contribution in [0.3, 0.4) is 0 Å². The third kappa shape index (κ3) is 3.41. The molecule has 0 saturated heterocycles. The number of urea groups is 1. The fourth-order valence-electron chi connectivity index (χ4n) is 1.48. The molecule has 0 heterocycles. The van der Waals surface area contributed by atoms with E-state index in [9.17, 15) is 13.6 Å². The van der Waals surface area contributed by atoms with E-state index in [4.69, 9.17) is 5.73 Å². The number of rotatable bonds is 2. The minimum atomic E-state index is -0.573. The first-order valence-electron chi connectivity index (χ1n) is 5.43. The lowest BCUT2D eigenvalue weighted by Gasteiger charge is -2.08. The van der Waals surface area contributed by atoms with E-state index in [1.165, 1.54) is 30.3 Å². The molecule has 0 aliphatic rings. The van der Waals surface area contributed by atoms with Crippen LogP contribution in [0.25, 0.3) is 0 Å². The lowest BCUT2D eigenvalue weighted by atomic mass is 10.2. The van der Waals surface area contributed by atoms with Crippen molar-refractivity contribution in [2.75, 3.05) is 16.4 Å². The summed E-state index contributed by atoms with van der Waals surface area (Å²) in [6.07, 6.45) is 0. The highest BCUT2D eigenvalue weighted by molar-refractivity contribution is 5.99. The van der Waals surface area contributed by atoms with E-state index in [-0.39, 0.29) is 5.69 Å². The first-order chi connectivity index (χ1) is 9.04. The molecular weight excluding hydrogens is 252 g/mol. The van der Waals surface area contributed by atoms with E-state index in [1.807, 2.05) is 0 Å². The first-order valence-corrected chi connectivity index (χ1v) is 5.43. The molecule has 0 radical (unpaired) electrons. The molecule has 0 fully saturated rings. The standard InChI is InChI=1S/C13H11F2N3O/c14-8-2-1-3-9(6-8)17-13(19)18-10-4-5-11(15)12(16)7-10/h1-7H,16H2,(H2,17,18,19). The number of benzene rings is 2. The summed E-state index contributed by atoms with van der Waals surface area (Å²) in [7, 11) is 0. The maximum atomic E-state index is 12.9. The molecule has 0 aliphatic carbocycles. The molecule has 4 N–H and O–H groups in total. The maximum Gasteiger partial charge on any atom is 0.323 e. The molecule has 0 saturated carbocycles. The monoisotopic (exact) mass is 263 g/mol. The number of carbonyl (C=O) groups is 1. The molecule has 4 nitrogen and oxygen atoms in total. The van der Waals surface area contributed by atoms with Gasteiger partial charge in [0, 0.05) is 11.4 Å². The van der Waals surface area contributed by atoms with Crippen LogP contribution in [-0.2, 0) is 0 Å². The number of nitrogens with one attached hydrogen (secondary N) is 2. The van der Waals surface area contributed by atoms with Crippen LogP contribution in [0.4, 0.5) is 30.6 Å². The van der Waals surface area contributed by atoms with Crippen LogP contribution >= 0.6 is 0 Å². The van der Waals surface area contributed by atoms with Crippen molar-refractivity contribution in [2.45, 2.75) is 0 Å².